The SMILES string of the molecule is CCCCCCCCCCCC(CC(=O)N[C@H]1COC[C@@H](OCc2ccccc2)[C@@H]1OC(=O)CCCCCCCCc1ccccc1)OC(=O)CCCCCCCCc1ccccc1. The summed E-state index contributed by atoms with van der Waals surface area (Å²) in [7, 11) is 0. The molecule has 1 heterocycles. The fraction of sp³-hybridized carbons (Fsp3) is 0.625. The Hall–Kier alpha value is -4.01. The largest absolute Gasteiger partial charge is 0.462 e. The molecule has 1 N–H and O–H groups in total. The van der Waals surface area contributed by atoms with Crippen molar-refractivity contribution in [2.45, 2.75) is 211 Å². The average Bonchev–Trinajstić information content (AvgIpc) is 3.31. The molecule has 8 heteroatoms. The van der Waals surface area contributed by atoms with E-state index in [0.717, 1.165) is 82.6 Å². The van der Waals surface area contributed by atoms with E-state index < -0.39 is 24.4 Å². The van der Waals surface area contributed by atoms with E-state index in [1.807, 2.05) is 30.3 Å². The molecule has 0 spiro atoms. The quantitative estimate of drug-likeness (QED) is 0.0458. The molecule has 1 amide bonds. The Bertz CT molecular complexity index is 1620. The number of unbranched alkanes of at least 4 members (excludes halogenated alkanes) is 18. The van der Waals surface area contributed by atoms with Crippen molar-refractivity contribution in [1.29, 1.82) is 0 Å². The monoisotopic (exact) mass is 882 g/mol. The first kappa shape index (κ1) is 52.6. The van der Waals surface area contributed by atoms with Gasteiger partial charge in [0.2, 0.25) is 5.91 Å². The highest BCUT2D eigenvalue weighted by Gasteiger charge is 2.39. The van der Waals surface area contributed by atoms with Crippen molar-refractivity contribution in [3.63, 3.8) is 0 Å². The summed E-state index contributed by atoms with van der Waals surface area (Å²) in [6.45, 7) is 3.03. The Labute approximate surface area is 387 Å². The zero-order valence-corrected chi connectivity index (χ0v) is 39.5. The van der Waals surface area contributed by atoms with Gasteiger partial charge in [-0.05, 0) is 68.1 Å². The van der Waals surface area contributed by atoms with Crippen molar-refractivity contribution < 1.29 is 33.3 Å². The van der Waals surface area contributed by atoms with E-state index in [1.54, 1.807) is 0 Å². The molecule has 64 heavy (non-hydrogen) atoms. The molecule has 0 radical (unpaired) electrons. The number of carbonyl (C=O) groups is 3. The van der Waals surface area contributed by atoms with Gasteiger partial charge in [0.15, 0.2) is 6.10 Å². The van der Waals surface area contributed by atoms with E-state index in [-0.39, 0.29) is 37.5 Å². The predicted octanol–water partition coefficient (Wildman–Crippen LogP) is 13.2. The molecular weight excluding hydrogens is 799 g/mol. The number of ether oxygens (including phenoxy) is 4. The van der Waals surface area contributed by atoms with Crippen LogP contribution in [0.4, 0.5) is 0 Å². The van der Waals surface area contributed by atoms with Crippen LogP contribution in [0.5, 0.6) is 0 Å². The van der Waals surface area contributed by atoms with Gasteiger partial charge in [-0.2, -0.15) is 0 Å². The minimum Gasteiger partial charge on any atom is -0.462 e. The zero-order valence-electron chi connectivity index (χ0n) is 39.5. The standard InChI is InChI=1S/C56H83NO7/c1-2-3-4-5-6-7-8-15-29-40-50(63-54(59)41-30-16-11-9-13-21-32-47-34-23-18-24-35-47)43-53(58)57-51-45-61-46-52(62-44-49-38-27-20-28-39-49)56(51)64-55(60)42-31-17-12-10-14-22-33-48-36-25-19-26-37-48/h18-20,23-28,34-39,50-52,56H,2-17,21-22,29-33,40-46H2,1H3,(H,57,58)/t50?,51-,52+,56+/m0/s1. The summed E-state index contributed by atoms with van der Waals surface area (Å²) in [6, 6.07) is 30.5. The van der Waals surface area contributed by atoms with E-state index >= 15 is 0 Å². The Morgan fingerprint density at radius 1 is 0.562 bits per heavy atom. The molecule has 8 nitrogen and oxygen atoms in total. The molecule has 1 saturated heterocycles. The lowest BCUT2D eigenvalue weighted by molar-refractivity contribution is -0.181. The van der Waals surface area contributed by atoms with Crippen LogP contribution >= 0.6 is 0 Å². The maximum Gasteiger partial charge on any atom is 0.306 e. The minimum atomic E-state index is -0.705. The number of rotatable bonds is 36. The van der Waals surface area contributed by atoms with E-state index in [1.165, 1.54) is 81.8 Å². The summed E-state index contributed by atoms with van der Waals surface area (Å²) in [4.78, 5) is 40.3. The maximum absolute atomic E-state index is 13.8. The van der Waals surface area contributed by atoms with Gasteiger partial charge in [0.05, 0.1) is 32.3 Å². The smallest absolute Gasteiger partial charge is 0.306 e. The number of hydrogen-bond donors (Lipinski definition) is 1. The summed E-state index contributed by atoms with van der Waals surface area (Å²) >= 11 is 0. The van der Waals surface area contributed by atoms with Crippen LogP contribution in [0, 0.1) is 0 Å². The molecule has 0 saturated carbocycles. The van der Waals surface area contributed by atoms with Crippen LogP contribution in [-0.2, 0) is 52.8 Å². The second kappa shape index (κ2) is 34.4. The molecule has 3 aromatic carbocycles. The normalized spacial score (nSPS) is 16.5. The van der Waals surface area contributed by atoms with Crippen molar-refractivity contribution in [2.24, 2.45) is 0 Å². The maximum atomic E-state index is 13.8. The van der Waals surface area contributed by atoms with E-state index in [2.05, 4.69) is 72.9 Å². The van der Waals surface area contributed by atoms with Gasteiger partial charge in [0.1, 0.15) is 12.2 Å². The number of hydrogen-bond acceptors (Lipinski definition) is 7. The van der Waals surface area contributed by atoms with E-state index in [4.69, 9.17) is 18.9 Å². The highest BCUT2D eigenvalue weighted by atomic mass is 16.6. The Kier molecular flexibility index (Phi) is 28.2. The van der Waals surface area contributed by atoms with Crippen LogP contribution in [0.2, 0.25) is 0 Å². The van der Waals surface area contributed by atoms with Crippen LogP contribution in [0.25, 0.3) is 0 Å². The third kappa shape index (κ3) is 24.3. The van der Waals surface area contributed by atoms with Gasteiger partial charge in [-0.1, -0.05) is 201 Å². The first-order valence-corrected chi connectivity index (χ1v) is 25.5. The number of amides is 1. The van der Waals surface area contributed by atoms with Gasteiger partial charge in [-0.25, -0.2) is 0 Å². The lowest BCUT2D eigenvalue weighted by atomic mass is 10.0. The van der Waals surface area contributed by atoms with Crippen LogP contribution in [-0.4, -0.2) is 55.4 Å². The second-order valence-corrected chi connectivity index (χ2v) is 18.1. The van der Waals surface area contributed by atoms with Crippen molar-refractivity contribution in [1.82, 2.24) is 5.32 Å². The third-order valence-corrected chi connectivity index (χ3v) is 12.5. The fourth-order valence-corrected chi connectivity index (χ4v) is 8.68. The molecule has 1 aliphatic rings. The molecule has 354 valence electrons. The molecule has 4 rings (SSSR count). The molecule has 0 bridgehead atoms. The summed E-state index contributed by atoms with van der Waals surface area (Å²) in [6.07, 6.45) is 25.3. The van der Waals surface area contributed by atoms with Crippen LogP contribution in [0.1, 0.15) is 184 Å². The molecule has 1 fully saturated rings. The molecule has 1 aliphatic heterocycles. The molecular formula is C56H83NO7. The number of benzene rings is 3. The first-order chi connectivity index (χ1) is 31.5. The molecule has 1 unspecified atom stereocenters. The van der Waals surface area contributed by atoms with Gasteiger partial charge in [0, 0.05) is 12.8 Å². The number of aryl methyl sites for hydroxylation is 2. The molecule has 0 aliphatic carbocycles. The topological polar surface area (TPSA) is 100 Å². The van der Waals surface area contributed by atoms with Gasteiger partial charge in [-0.3, -0.25) is 14.4 Å². The van der Waals surface area contributed by atoms with Crippen molar-refractivity contribution >= 4 is 17.8 Å². The summed E-state index contributed by atoms with van der Waals surface area (Å²) < 4.78 is 24.5. The number of nitrogens with one attached hydrogen (secondary N) is 1. The molecule has 3 aromatic rings. The zero-order chi connectivity index (χ0) is 45.1. The Balaban J connectivity index is 1.24. The third-order valence-electron chi connectivity index (χ3n) is 12.5. The van der Waals surface area contributed by atoms with Crippen LogP contribution in [0.3, 0.4) is 0 Å². The summed E-state index contributed by atoms with van der Waals surface area (Å²) in [5, 5.41) is 3.12. The van der Waals surface area contributed by atoms with Crippen molar-refractivity contribution in [3.05, 3.63) is 108 Å². The van der Waals surface area contributed by atoms with E-state index in [9.17, 15) is 14.4 Å². The lowest BCUT2D eigenvalue weighted by Gasteiger charge is -2.37. The van der Waals surface area contributed by atoms with Gasteiger partial charge >= 0.3 is 11.9 Å². The highest BCUT2D eigenvalue weighted by molar-refractivity contribution is 5.78. The lowest BCUT2D eigenvalue weighted by Crippen LogP contribution is -2.58. The fourth-order valence-electron chi connectivity index (χ4n) is 8.68. The summed E-state index contributed by atoms with van der Waals surface area (Å²) in [5.74, 6) is -0.755. The molecule has 4 atom stereocenters. The Morgan fingerprint density at radius 3 is 1.58 bits per heavy atom. The number of esters is 2. The van der Waals surface area contributed by atoms with Crippen LogP contribution < -0.4 is 5.32 Å². The van der Waals surface area contributed by atoms with Crippen molar-refractivity contribution in [2.75, 3.05) is 13.2 Å². The number of carbonyl (C=O) groups excluding carboxylic acids is 3. The summed E-state index contributed by atoms with van der Waals surface area (Å²) in [5.41, 5.74) is 3.78. The van der Waals surface area contributed by atoms with Gasteiger partial charge in [-0.15, -0.1) is 0 Å². The van der Waals surface area contributed by atoms with E-state index in [0.29, 0.717) is 25.9 Å². The van der Waals surface area contributed by atoms with Gasteiger partial charge < -0.3 is 24.3 Å². The average molecular weight is 882 g/mol. The highest BCUT2D eigenvalue weighted by Crippen LogP contribution is 2.22. The predicted molar refractivity (Wildman–Crippen MR) is 259 cm³/mol. The second-order valence-electron chi connectivity index (χ2n) is 18.1. The van der Waals surface area contributed by atoms with Crippen LogP contribution in [0.15, 0.2) is 91.0 Å². The molecule has 0 aromatic heterocycles. The first-order valence-electron chi connectivity index (χ1n) is 25.5. The minimum absolute atomic E-state index is 0.0578. The van der Waals surface area contributed by atoms with Crippen molar-refractivity contribution in [3.8, 4) is 0 Å². The van der Waals surface area contributed by atoms with Gasteiger partial charge in [0.25, 0.3) is 0 Å². The Morgan fingerprint density at radius 2 is 1.03 bits per heavy atom.